The molecule has 2 rings (SSSR count). The first-order chi connectivity index (χ1) is 8.86. The molecule has 0 aromatic heterocycles. The van der Waals surface area contributed by atoms with Crippen molar-refractivity contribution in [2.45, 2.75) is 42.4 Å². The van der Waals surface area contributed by atoms with Crippen LogP contribution in [0.5, 0.6) is 0 Å². The number of aliphatic hydroxyl groups is 1. The first-order valence-corrected chi connectivity index (χ1v) is 6.57. The van der Waals surface area contributed by atoms with Crippen molar-refractivity contribution in [3.8, 4) is 0 Å². The van der Waals surface area contributed by atoms with Crippen molar-refractivity contribution in [2.75, 3.05) is 14.2 Å². The summed E-state index contributed by atoms with van der Waals surface area (Å²) in [4.78, 5) is 3.91. The number of nitrogens with one attached hydrogen (secondary N) is 1. The van der Waals surface area contributed by atoms with Crippen molar-refractivity contribution in [1.29, 1.82) is 0 Å². The Bertz CT molecular complexity index is 366. The van der Waals surface area contributed by atoms with Crippen molar-refractivity contribution in [3.63, 3.8) is 0 Å². The number of aliphatic hydroxyl groups excluding tert-OH is 1. The minimum Gasteiger partial charge on any atom is -0.391 e. The molecule has 9 heteroatoms. The number of ether oxygens (including phenoxy) is 2. The molecule has 2 aliphatic rings. The molecule has 5 nitrogen and oxygen atoms in total. The van der Waals surface area contributed by atoms with E-state index in [2.05, 4.69) is 15.0 Å². The number of rotatable bonds is 2. The van der Waals surface area contributed by atoms with E-state index >= 15 is 0 Å². The SMILES string of the molecule is CN=C1N[C@H]2[C@H](O[C@H]([C@@H](OC)C(F)(F)F)C[C@@H]2O)S1. The molecule has 0 radical (unpaired) electrons. The lowest BCUT2D eigenvalue weighted by atomic mass is 9.97. The summed E-state index contributed by atoms with van der Waals surface area (Å²) in [5, 5.41) is 13.4. The Hall–Kier alpha value is -0.510. The van der Waals surface area contributed by atoms with Crippen LogP contribution in [0.1, 0.15) is 6.42 Å². The molecule has 0 amide bonds. The molecule has 0 unspecified atom stereocenters. The van der Waals surface area contributed by atoms with Crippen LogP contribution in [0.15, 0.2) is 4.99 Å². The molecule has 2 saturated heterocycles. The van der Waals surface area contributed by atoms with Gasteiger partial charge in [-0.1, -0.05) is 11.8 Å². The summed E-state index contributed by atoms with van der Waals surface area (Å²) in [5.41, 5.74) is -0.590. The smallest absolute Gasteiger partial charge is 0.391 e. The highest BCUT2D eigenvalue weighted by Crippen LogP contribution is 2.38. The van der Waals surface area contributed by atoms with Crippen LogP contribution < -0.4 is 5.32 Å². The van der Waals surface area contributed by atoms with E-state index in [9.17, 15) is 18.3 Å². The van der Waals surface area contributed by atoms with Crippen LogP contribution in [0, 0.1) is 0 Å². The zero-order chi connectivity index (χ0) is 14.2. The number of halogens is 3. The Morgan fingerprint density at radius 2 is 2.26 bits per heavy atom. The second-order valence-electron chi connectivity index (χ2n) is 4.36. The van der Waals surface area contributed by atoms with Crippen LogP contribution in [-0.4, -0.2) is 60.4 Å². The maximum atomic E-state index is 12.8. The van der Waals surface area contributed by atoms with E-state index in [-0.39, 0.29) is 6.42 Å². The van der Waals surface area contributed by atoms with Crippen molar-refractivity contribution in [1.82, 2.24) is 5.32 Å². The second-order valence-corrected chi connectivity index (χ2v) is 5.45. The Balaban J connectivity index is 2.11. The maximum absolute atomic E-state index is 12.8. The van der Waals surface area contributed by atoms with Crippen LogP contribution in [0.3, 0.4) is 0 Å². The molecular formula is C10H15F3N2O3S. The quantitative estimate of drug-likeness (QED) is 0.787. The standard InChI is InChI=1S/C10H15F3N2O3S/c1-14-9-15-6-4(16)3-5(18-8(6)19-9)7(17-2)10(11,12)13/h4-8,16H,3H2,1-2H3,(H,14,15)/t4-,5-,6+,7+,8+/m0/s1. The zero-order valence-corrected chi connectivity index (χ0v) is 11.2. The van der Waals surface area contributed by atoms with Gasteiger partial charge in [-0.05, 0) is 0 Å². The molecule has 2 heterocycles. The normalized spacial score (nSPS) is 38.9. The monoisotopic (exact) mass is 300 g/mol. The average molecular weight is 300 g/mol. The van der Waals surface area contributed by atoms with Gasteiger partial charge in [-0.25, -0.2) is 0 Å². The molecule has 2 fully saturated rings. The van der Waals surface area contributed by atoms with Crippen LogP contribution in [0.25, 0.3) is 0 Å². The van der Waals surface area contributed by atoms with Gasteiger partial charge in [-0.3, -0.25) is 4.99 Å². The van der Waals surface area contributed by atoms with Gasteiger partial charge in [-0.2, -0.15) is 13.2 Å². The summed E-state index contributed by atoms with van der Waals surface area (Å²) in [6.07, 6.45) is -8.85. The van der Waals surface area contributed by atoms with Gasteiger partial charge < -0.3 is 19.9 Å². The van der Waals surface area contributed by atoms with Gasteiger partial charge in [0.2, 0.25) is 0 Å². The van der Waals surface area contributed by atoms with Crippen LogP contribution in [0.4, 0.5) is 13.2 Å². The van der Waals surface area contributed by atoms with Crippen LogP contribution in [0.2, 0.25) is 0 Å². The summed E-state index contributed by atoms with van der Waals surface area (Å²) >= 11 is 1.17. The molecular weight excluding hydrogens is 285 g/mol. The van der Waals surface area contributed by atoms with Gasteiger partial charge in [-0.15, -0.1) is 0 Å². The number of hydrogen-bond donors (Lipinski definition) is 2. The summed E-state index contributed by atoms with van der Waals surface area (Å²) in [7, 11) is 2.54. The van der Waals surface area contributed by atoms with Gasteiger partial charge in [0.05, 0.1) is 18.2 Å². The van der Waals surface area contributed by atoms with E-state index in [1.165, 1.54) is 11.8 Å². The summed E-state index contributed by atoms with van der Waals surface area (Å²) in [5.74, 6) is 0. The first kappa shape index (κ1) is 14.9. The highest BCUT2D eigenvalue weighted by atomic mass is 32.2. The van der Waals surface area contributed by atoms with Crippen molar-refractivity contribution in [3.05, 3.63) is 0 Å². The number of amidine groups is 1. The van der Waals surface area contributed by atoms with Crippen LogP contribution >= 0.6 is 11.8 Å². The van der Waals surface area contributed by atoms with Gasteiger partial charge in [0.15, 0.2) is 11.3 Å². The molecule has 0 aromatic rings. The maximum Gasteiger partial charge on any atom is 0.417 e. The summed E-state index contributed by atoms with van der Waals surface area (Å²) < 4.78 is 48.2. The number of aliphatic imine (C=N–C) groups is 1. The Kier molecular flexibility index (Phi) is 4.29. The molecule has 0 spiro atoms. The Morgan fingerprint density at radius 1 is 1.58 bits per heavy atom. The fraction of sp³-hybridized carbons (Fsp3) is 0.900. The second kappa shape index (κ2) is 5.47. The number of hydrogen-bond acceptors (Lipinski definition) is 5. The number of methoxy groups -OCH3 is 1. The lowest BCUT2D eigenvalue weighted by molar-refractivity contribution is -0.258. The first-order valence-electron chi connectivity index (χ1n) is 5.69. The molecule has 5 atom stereocenters. The predicted molar refractivity (Wildman–Crippen MR) is 64.0 cm³/mol. The van der Waals surface area contributed by atoms with Crippen molar-refractivity contribution < 1.29 is 27.8 Å². The fourth-order valence-electron chi connectivity index (χ4n) is 2.24. The van der Waals surface area contributed by atoms with Crippen LogP contribution in [-0.2, 0) is 9.47 Å². The fourth-order valence-corrected chi connectivity index (χ4v) is 3.36. The third-order valence-electron chi connectivity index (χ3n) is 3.13. The molecule has 0 saturated carbocycles. The van der Waals surface area contributed by atoms with E-state index in [0.717, 1.165) is 7.11 Å². The van der Waals surface area contributed by atoms with Gasteiger partial charge in [0, 0.05) is 20.6 Å². The molecule has 2 aliphatic heterocycles. The molecule has 19 heavy (non-hydrogen) atoms. The number of nitrogens with zero attached hydrogens (tertiary/aromatic N) is 1. The van der Waals surface area contributed by atoms with Gasteiger partial charge in [0.25, 0.3) is 0 Å². The Morgan fingerprint density at radius 3 is 2.79 bits per heavy atom. The summed E-state index contributed by atoms with van der Waals surface area (Å²) in [6.45, 7) is 0. The third kappa shape index (κ3) is 2.99. The lowest BCUT2D eigenvalue weighted by Crippen LogP contribution is -2.55. The third-order valence-corrected chi connectivity index (χ3v) is 4.29. The largest absolute Gasteiger partial charge is 0.417 e. The van der Waals surface area contributed by atoms with E-state index < -0.39 is 36.0 Å². The number of thioether (sulfide) groups is 1. The van der Waals surface area contributed by atoms with E-state index in [4.69, 9.17) is 4.74 Å². The van der Waals surface area contributed by atoms with E-state index in [1.54, 1.807) is 7.05 Å². The molecule has 110 valence electrons. The van der Waals surface area contributed by atoms with E-state index in [1.807, 2.05) is 0 Å². The lowest BCUT2D eigenvalue weighted by Gasteiger charge is -2.38. The number of fused-ring (bicyclic) bond motifs is 1. The molecule has 0 bridgehead atoms. The minimum atomic E-state index is -4.52. The van der Waals surface area contributed by atoms with Crippen molar-refractivity contribution in [2.24, 2.45) is 4.99 Å². The molecule has 2 N–H and O–H groups in total. The highest BCUT2D eigenvalue weighted by molar-refractivity contribution is 8.14. The van der Waals surface area contributed by atoms with E-state index in [0.29, 0.717) is 5.17 Å². The molecule has 0 aromatic carbocycles. The predicted octanol–water partition coefficient (Wildman–Crippen LogP) is 0.730. The Labute approximate surface area is 112 Å². The van der Waals surface area contributed by atoms with Gasteiger partial charge >= 0.3 is 6.18 Å². The topological polar surface area (TPSA) is 63.1 Å². The average Bonchev–Trinajstić information content (AvgIpc) is 2.71. The van der Waals surface area contributed by atoms with Gasteiger partial charge in [0.1, 0.15) is 5.44 Å². The molecule has 0 aliphatic carbocycles. The van der Waals surface area contributed by atoms with Crippen molar-refractivity contribution >= 4 is 16.9 Å². The zero-order valence-electron chi connectivity index (χ0n) is 10.3. The minimum absolute atomic E-state index is 0.135. The summed E-state index contributed by atoms with van der Waals surface area (Å²) in [6, 6.07) is -0.439. The number of alkyl halides is 3. The highest BCUT2D eigenvalue weighted by Gasteiger charge is 2.52.